The Morgan fingerprint density at radius 3 is 2.23 bits per heavy atom. The van der Waals surface area contributed by atoms with Gasteiger partial charge in [-0.1, -0.05) is 62.2 Å². The van der Waals surface area contributed by atoms with E-state index >= 15 is 0 Å². The number of carbonyl (C=O) groups excluding carboxylic acids is 3. The molecular formula is C27H37N3O5. The molecule has 190 valence electrons. The Bertz CT molecular complexity index is 955. The van der Waals surface area contributed by atoms with E-state index in [1.807, 2.05) is 30.3 Å². The maximum Gasteiger partial charge on any atom is 0.408 e. The Morgan fingerprint density at radius 2 is 1.63 bits per heavy atom. The zero-order valence-corrected chi connectivity index (χ0v) is 21.0. The number of alkyl carbamates (subject to hydrolysis) is 1. The third-order valence-corrected chi connectivity index (χ3v) is 5.18. The number of hydrogen-bond donors (Lipinski definition) is 3. The summed E-state index contributed by atoms with van der Waals surface area (Å²) in [5, 5.41) is 15.2. The van der Waals surface area contributed by atoms with Crippen molar-refractivity contribution in [3.05, 3.63) is 65.7 Å². The molecule has 1 atom stereocenters. The standard InChI is InChI=1S/C27H37N3O5/c1-5-6-10-17-30(23(32)19-29-26(34)35-27(2,3)4)24(21-13-15-22(31)16-14-21)25(33)28-18-20-11-8-7-9-12-20/h7-9,11-16,24,31H,5-6,10,17-19H2,1-4H3,(H,28,33)(H,29,34). The molecule has 0 aliphatic rings. The topological polar surface area (TPSA) is 108 Å². The molecule has 0 fully saturated rings. The van der Waals surface area contributed by atoms with Gasteiger partial charge in [0, 0.05) is 13.1 Å². The summed E-state index contributed by atoms with van der Waals surface area (Å²) < 4.78 is 5.23. The van der Waals surface area contributed by atoms with Crippen LogP contribution in [0.2, 0.25) is 0 Å². The number of benzene rings is 2. The first-order valence-corrected chi connectivity index (χ1v) is 12.0. The molecule has 2 rings (SSSR count). The fraction of sp³-hybridized carbons (Fsp3) is 0.444. The van der Waals surface area contributed by atoms with Gasteiger partial charge in [0.05, 0.1) is 0 Å². The molecule has 3 N–H and O–H groups in total. The first-order chi connectivity index (χ1) is 16.6. The third-order valence-electron chi connectivity index (χ3n) is 5.18. The summed E-state index contributed by atoms with van der Waals surface area (Å²) in [6, 6.07) is 14.8. The number of nitrogens with zero attached hydrogens (tertiary/aromatic N) is 1. The molecule has 1 unspecified atom stereocenters. The van der Waals surface area contributed by atoms with Gasteiger partial charge in [0.25, 0.3) is 0 Å². The molecule has 8 nitrogen and oxygen atoms in total. The first kappa shape index (κ1) is 27.7. The van der Waals surface area contributed by atoms with Gasteiger partial charge in [-0.15, -0.1) is 0 Å². The largest absolute Gasteiger partial charge is 0.508 e. The number of hydrogen-bond acceptors (Lipinski definition) is 5. The highest BCUT2D eigenvalue weighted by Gasteiger charge is 2.31. The third kappa shape index (κ3) is 9.68. The highest BCUT2D eigenvalue weighted by Crippen LogP contribution is 2.24. The zero-order valence-electron chi connectivity index (χ0n) is 21.0. The van der Waals surface area contributed by atoms with Crippen LogP contribution in [0.5, 0.6) is 5.75 Å². The van der Waals surface area contributed by atoms with Crippen molar-refractivity contribution in [2.24, 2.45) is 0 Å². The van der Waals surface area contributed by atoms with Crippen LogP contribution in [0.25, 0.3) is 0 Å². The SMILES string of the molecule is CCCCCN(C(=O)CNC(=O)OC(C)(C)C)C(C(=O)NCc1ccccc1)c1ccc(O)cc1. The lowest BCUT2D eigenvalue weighted by Crippen LogP contribution is -2.48. The van der Waals surface area contributed by atoms with E-state index in [-0.39, 0.29) is 18.2 Å². The van der Waals surface area contributed by atoms with Gasteiger partial charge in [0.15, 0.2) is 0 Å². The second-order valence-electron chi connectivity index (χ2n) is 9.35. The van der Waals surface area contributed by atoms with Crippen LogP contribution in [0, 0.1) is 0 Å². The number of phenolic OH excluding ortho intramolecular Hbond substituents is 1. The molecule has 0 saturated heterocycles. The number of unbranched alkanes of at least 4 members (excludes halogenated alkanes) is 2. The molecule has 2 aromatic carbocycles. The van der Waals surface area contributed by atoms with Crippen LogP contribution in [0.3, 0.4) is 0 Å². The summed E-state index contributed by atoms with van der Waals surface area (Å²) in [5.41, 5.74) is 0.802. The number of carbonyl (C=O) groups is 3. The van der Waals surface area contributed by atoms with Crippen LogP contribution in [0.1, 0.15) is 64.1 Å². The fourth-order valence-electron chi connectivity index (χ4n) is 3.50. The van der Waals surface area contributed by atoms with Crippen LogP contribution in [0.4, 0.5) is 4.79 Å². The van der Waals surface area contributed by atoms with Crippen LogP contribution in [-0.4, -0.2) is 46.6 Å². The molecule has 0 spiro atoms. The molecule has 0 aliphatic carbocycles. The quantitative estimate of drug-likeness (QED) is 0.413. The number of ether oxygens (including phenoxy) is 1. The van der Waals surface area contributed by atoms with Gasteiger partial charge in [-0.25, -0.2) is 4.79 Å². The van der Waals surface area contributed by atoms with Gasteiger partial charge in [-0.3, -0.25) is 9.59 Å². The van der Waals surface area contributed by atoms with E-state index in [4.69, 9.17) is 4.74 Å². The maximum absolute atomic E-state index is 13.4. The molecule has 0 bridgehead atoms. The fourth-order valence-corrected chi connectivity index (χ4v) is 3.50. The number of phenols is 1. The second kappa shape index (κ2) is 13.4. The van der Waals surface area contributed by atoms with E-state index in [0.29, 0.717) is 25.1 Å². The van der Waals surface area contributed by atoms with Crippen molar-refractivity contribution in [2.75, 3.05) is 13.1 Å². The Hall–Kier alpha value is -3.55. The minimum Gasteiger partial charge on any atom is -0.508 e. The van der Waals surface area contributed by atoms with Crippen LogP contribution in [-0.2, 0) is 20.9 Å². The molecule has 35 heavy (non-hydrogen) atoms. The molecule has 2 aromatic rings. The summed E-state index contributed by atoms with van der Waals surface area (Å²) in [5.74, 6) is -0.686. The van der Waals surface area contributed by atoms with Gasteiger partial charge < -0.3 is 25.4 Å². The predicted octanol–water partition coefficient (Wildman–Crippen LogP) is 4.29. The monoisotopic (exact) mass is 483 g/mol. The highest BCUT2D eigenvalue weighted by molar-refractivity contribution is 5.90. The van der Waals surface area contributed by atoms with E-state index in [1.54, 1.807) is 32.9 Å². The lowest BCUT2D eigenvalue weighted by atomic mass is 10.0. The van der Waals surface area contributed by atoms with E-state index < -0.39 is 23.6 Å². The molecule has 0 heterocycles. The van der Waals surface area contributed by atoms with Gasteiger partial charge in [0.2, 0.25) is 11.8 Å². The summed E-state index contributed by atoms with van der Waals surface area (Å²) in [6.45, 7) is 7.62. The predicted molar refractivity (Wildman–Crippen MR) is 135 cm³/mol. The lowest BCUT2D eigenvalue weighted by Gasteiger charge is -2.32. The van der Waals surface area contributed by atoms with E-state index in [0.717, 1.165) is 18.4 Å². The molecule has 3 amide bonds. The van der Waals surface area contributed by atoms with E-state index in [2.05, 4.69) is 17.6 Å². The van der Waals surface area contributed by atoms with Gasteiger partial charge >= 0.3 is 6.09 Å². The molecule has 8 heteroatoms. The van der Waals surface area contributed by atoms with Crippen molar-refractivity contribution in [1.29, 1.82) is 0 Å². The smallest absolute Gasteiger partial charge is 0.408 e. The number of nitrogens with one attached hydrogen (secondary N) is 2. The van der Waals surface area contributed by atoms with E-state index in [1.165, 1.54) is 17.0 Å². The highest BCUT2D eigenvalue weighted by atomic mass is 16.6. The normalized spacial score (nSPS) is 11.9. The van der Waals surface area contributed by atoms with Crippen molar-refractivity contribution < 1.29 is 24.2 Å². The maximum atomic E-state index is 13.4. The summed E-state index contributed by atoms with van der Waals surface area (Å²) >= 11 is 0. The number of aromatic hydroxyl groups is 1. The molecule has 0 saturated carbocycles. The minimum atomic E-state index is -0.927. The summed E-state index contributed by atoms with van der Waals surface area (Å²) in [6.07, 6.45) is 1.84. The Morgan fingerprint density at radius 1 is 0.971 bits per heavy atom. The van der Waals surface area contributed by atoms with Crippen LogP contribution >= 0.6 is 0 Å². The average molecular weight is 484 g/mol. The van der Waals surface area contributed by atoms with Gasteiger partial charge in [-0.05, 0) is 50.5 Å². The minimum absolute atomic E-state index is 0.0626. The van der Waals surface area contributed by atoms with Crippen molar-refractivity contribution in [2.45, 2.75) is 65.1 Å². The molecule has 0 aromatic heterocycles. The second-order valence-corrected chi connectivity index (χ2v) is 9.35. The van der Waals surface area contributed by atoms with Gasteiger partial charge in [0.1, 0.15) is 23.9 Å². The summed E-state index contributed by atoms with van der Waals surface area (Å²) in [4.78, 5) is 40.3. The lowest BCUT2D eigenvalue weighted by molar-refractivity contribution is -0.140. The van der Waals surface area contributed by atoms with E-state index in [9.17, 15) is 19.5 Å². The summed E-state index contributed by atoms with van der Waals surface area (Å²) in [7, 11) is 0. The molecular weight excluding hydrogens is 446 g/mol. The van der Waals surface area contributed by atoms with Gasteiger partial charge in [-0.2, -0.15) is 0 Å². The first-order valence-electron chi connectivity index (χ1n) is 12.0. The molecule has 0 radical (unpaired) electrons. The number of rotatable bonds is 11. The molecule has 0 aliphatic heterocycles. The van der Waals surface area contributed by atoms with Crippen LogP contribution < -0.4 is 10.6 Å². The average Bonchev–Trinajstić information content (AvgIpc) is 2.81. The Labute approximate surface area is 207 Å². The Kier molecular flexibility index (Phi) is 10.6. The zero-order chi connectivity index (χ0) is 25.8. The van der Waals surface area contributed by atoms with Crippen molar-refractivity contribution in [3.8, 4) is 5.75 Å². The Balaban J connectivity index is 2.27. The number of amides is 3. The van der Waals surface area contributed by atoms with Crippen molar-refractivity contribution in [1.82, 2.24) is 15.5 Å². The van der Waals surface area contributed by atoms with Crippen molar-refractivity contribution in [3.63, 3.8) is 0 Å². The van der Waals surface area contributed by atoms with Crippen LogP contribution in [0.15, 0.2) is 54.6 Å². The van der Waals surface area contributed by atoms with Crippen molar-refractivity contribution >= 4 is 17.9 Å².